The lowest BCUT2D eigenvalue weighted by atomic mass is 10.4. The topological polar surface area (TPSA) is 114 Å². The van der Waals surface area contributed by atoms with Crippen LogP contribution >= 0.6 is 11.3 Å². The molecule has 22 heavy (non-hydrogen) atoms. The number of anilines is 1. The van der Waals surface area contributed by atoms with Crippen LogP contribution in [0.3, 0.4) is 0 Å². The third-order valence-corrected chi connectivity index (χ3v) is 5.28. The Bertz CT molecular complexity index is 759. The van der Waals surface area contributed by atoms with Crippen LogP contribution in [0.4, 0.5) is 5.13 Å². The maximum absolute atomic E-state index is 12.1. The van der Waals surface area contributed by atoms with Crippen LogP contribution in [0.5, 0.6) is 0 Å². The van der Waals surface area contributed by atoms with E-state index in [1.54, 1.807) is 13.1 Å². The number of aromatic nitrogens is 2. The van der Waals surface area contributed by atoms with Crippen LogP contribution in [0.15, 0.2) is 15.6 Å². The zero-order valence-corrected chi connectivity index (χ0v) is 14.0. The largest absolute Gasteiger partial charge is 0.360 e. The van der Waals surface area contributed by atoms with Gasteiger partial charge in [0.2, 0.25) is 15.9 Å². The smallest absolute Gasteiger partial charge is 0.245 e. The molecule has 0 saturated heterocycles. The Morgan fingerprint density at radius 3 is 2.64 bits per heavy atom. The molecule has 2 rings (SSSR count). The minimum atomic E-state index is -3.74. The normalized spacial score (nSPS) is 11.6. The highest BCUT2D eigenvalue weighted by molar-refractivity contribution is 7.89. The first kappa shape index (κ1) is 16.6. The van der Waals surface area contributed by atoms with E-state index in [4.69, 9.17) is 4.52 Å². The molecule has 2 aromatic heterocycles. The zero-order valence-electron chi connectivity index (χ0n) is 12.3. The lowest BCUT2D eigenvalue weighted by Crippen LogP contribution is -2.28. The fourth-order valence-corrected chi connectivity index (χ4v) is 3.86. The van der Waals surface area contributed by atoms with Crippen molar-refractivity contribution in [3.63, 3.8) is 0 Å². The molecule has 0 aromatic carbocycles. The lowest BCUT2D eigenvalue weighted by Gasteiger charge is -2.06. The summed E-state index contributed by atoms with van der Waals surface area (Å²) >= 11 is 1.35. The van der Waals surface area contributed by atoms with Crippen molar-refractivity contribution < 1.29 is 17.7 Å². The Morgan fingerprint density at radius 1 is 1.36 bits per heavy atom. The van der Waals surface area contributed by atoms with Gasteiger partial charge in [-0.1, -0.05) is 5.16 Å². The summed E-state index contributed by atoms with van der Waals surface area (Å²) in [6.45, 7) is 4.92. The number of carbonyl (C=O) groups is 1. The standard InChI is InChI=1S/C12H16N4O4S2/c1-7-6-13-12(21-7)15-10(17)4-5-14-22(18,19)11-8(2)16-20-9(11)3/h6,14H,4-5H2,1-3H3,(H,13,15,17). The summed E-state index contributed by atoms with van der Waals surface area (Å²) in [5, 5.41) is 6.71. The van der Waals surface area contributed by atoms with Gasteiger partial charge in [-0.2, -0.15) is 0 Å². The second kappa shape index (κ2) is 6.55. The summed E-state index contributed by atoms with van der Waals surface area (Å²) in [6, 6.07) is 0. The number of hydrogen-bond donors (Lipinski definition) is 2. The van der Waals surface area contributed by atoms with Crippen molar-refractivity contribution in [2.24, 2.45) is 0 Å². The van der Waals surface area contributed by atoms with Crippen LogP contribution in [0.25, 0.3) is 0 Å². The van der Waals surface area contributed by atoms with Crippen molar-refractivity contribution in [1.82, 2.24) is 14.9 Å². The average molecular weight is 344 g/mol. The van der Waals surface area contributed by atoms with Crippen LogP contribution in [-0.4, -0.2) is 31.0 Å². The number of aryl methyl sites for hydroxylation is 3. The molecule has 0 fully saturated rings. The van der Waals surface area contributed by atoms with Gasteiger partial charge >= 0.3 is 0 Å². The van der Waals surface area contributed by atoms with Crippen LogP contribution in [0.1, 0.15) is 22.8 Å². The monoisotopic (exact) mass is 344 g/mol. The van der Waals surface area contributed by atoms with Crippen molar-refractivity contribution in [2.45, 2.75) is 32.1 Å². The number of amides is 1. The summed E-state index contributed by atoms with van der Waals surface area (Å²) < 4.78 is 31.4. The van der Waals surface area contributed by atoms with Gasteiger partial charge in [0, 0.05) is 24.0 Å². The Balaban J connectivity index is 1.89. The zero-order chi connectivity index (χ0) is 16.3. The van der Waals surface area contributed by atoms with Crippen molar-refractivity contribution in [3.05, 3.63) is 22.5 Å². The number of sulfonamides is 1. The number of nitrogens with one attached hydrogen (secondary N) is 2. The molecule has 0 atom stereocenters. The van der Waals surface area contributed by atoms with E-state index in [1.807, 2.05) is 6.92 Å². The first-order valence-electron chi connectivity index (χ1n) is 6.44. The Kier molecular flexibility index (Phi) is 4.94. The Labute approximate surface area is 132 Å². The van der Waals surface area contributed by atoms with E-state index >= 15 is 0 Å². The quantitative estimate of drug-likeness (QED) is 0.818. The van der Waals surface area contributed by atoms with Gasteiger partial charge < -0.3 is 9.84 Å². The third kappa shape index (κ3) is 3.90. The molecule has 2 N–H and O–H groups in total. The number of thiazole rings is 1. The average Bonchev–Trinajstić information content (AvgIpc) is 2.95. The third-order valence-electron chi connectivity index (χ3n) is 2.75. The molecule has 0 aliphatic rings. The lowest BCUT2D eigenvalue weighted by molar-refractivity contribution is -0.116. The van der Waals surface area contributed by atoms with E-state index in [2.05, 4.69) is 20.2 Å². The van der Waals surface area contributed by atoms with E-state index in [9.17, 15) is 13.2 Å². The highest BCUT2D eigenvalue weighted by Crippen LogP contribution is 2.18. The number of rotatable bonds is 6. The minimum absolute atomic E-state index is 0.00122. The van der Waals surface area contributed by atoms with Crippen molar-refractivity contribution >= 4 is 32.4 Å². The summed E-state index contributed by atoms with van der Waals surface area (Å²) in [6.07, 6.45) is 1.65. The second-order valence-electron chi connectivity index (χ2n) is 4.63. The van der Waals surface area contributed by atoms with Crippen LogP contribution in [0, 0.1) is 20.8 Å². The highest BCUT2D eigenvalue weighted by Gasteiger charge is 2.23. The van der Waals surface area contributed by atoms with Gasteiger partial charge in [0.15, 0.2) is 10.9 Å². The molecule has 8 nitrogen and oxygen atoms in total. The van der Waals surface area contributed by atoms with Crippen LogP contribution in [-0.2, 0) is 14.8 Å². The fraction of sp³-hybridized carbons (Fsp3) is 0.417. The molecular formula is C12H16N4O4S2. The number of hydrogen-bond acceptors (Lipinski definition) is 7. The molecule has 2 aromatic rings. The fourth-order valence-electron chi connectivity index (χ4n) is 1.82. The van der Waals surface area contributed by atoms with Crippen molar-refractivity contribution in [1.29, 1.82) is 0 Å². The van der Waals surface area contributed by atoms with Gasteiger partial charge in [0.25, 0.3) is 0 Å². The summed E-state index contributed by atoms with van der Waals surface area (Å²) in [5.41, 5.74) is 0.285. The highest BCUT2D eigenvalue weighted by atomic mass is 32.2. The molecule has 0 unspecified atom stereocenters. The minimum Gasteiger partial charge on any atom is -0.360 e. The second-order valence-corrected chi connectivity index (χ2v) is 7.56. The summed E-state index contributed by atoms with van der Waals surface area (Å²) in [7, 11) is -3.74. The number of nitrogens with zero attached hydrogens (tertiary/aromatic N) is 2. The van der Waals surface area contributed by atoms with Gasteiger partial charge in [0.1, 0.15) is 10.6 Å². The van der Waals surface area contributed by atoms with E-state index in [0.29, 0.717) is 5.13 Å². The molecule has 0 saturated carbocycles. The van der Waals surface area contributed by atoms with Gasteiger partial charge in [-0.15, -0.1) is 11.3 Å². The molecule has 0 spiro atoms. The van der Waals surface area contributed by atoms with Crippen LogP contribution in [0.2, 0.25) is 0 Å². The summed E-state index contributed by atoms with van der Waals surface area (Å²) in [5.74, 6) is -0.0940. The van der Waals surface area contributed by atoms with Crippen molar-refractivity contribution in [2.75, 3.05) is 11.9 Å². The van der Waals surface area contributed by atoms with Gasteiger partial charge in [-0.25, -0.2) is 18.1 Å². The molecular weight excluding hydrogens is 328 g/mol. The molecule has 0 radical (unpaired) electrons. The van der Waals surface area contributed by atoms with Crippen LogP contribution < -0.4 is 10.0 Å². The molecule has 2 heterocycles. The van der Waals surface area contributed by atoms with Crippen molar-refractivity contribution in [3.8, 4) is 0 Å². The van der Waals surface area contributed by atoms with E-state index in [1.165, 1.54) is 18.3 Å². The Morgan fingerprint density at radius 2 is 2.09 bits per heavy atom. The summed E-state index contributed by atoms with van der Waals surface area (Å²) in [4.78, 5) is 16.7. The van der Waals surface area contributed by atoms with E-state index in [0.717, 1.165) is 4.88 Å². The van der Waals surface area contributed by atoms with E-state index < -0.39 is 10.0 Å². The maximum Gasteiger partial charge on any atom is 0.245 e. The van der Waals surface area contributed by atoms with Gasteiger partial charge in [-0.05, 0) is 20.8 Å². The maximum atomic E-state index is 12.1. The van der Waals surface area contributed by atoms with Gasteiger partial charge in [0.05, 0.1) is 0 Å². The molecule has 0 aliphatic carbocycles. The van der Waals surface area contributed by atoms with Gasteiger partial charge in [-0.3, -0.25) is 4.79 Å². The first-order valence-corrected chi connectivity index (χ1v) is 8.74. The predicted molar refractivity (Wildman–Crippen MR) is 81.3 cm³/mol. The molecule has 0 aliphatic heterocycles. The molecule has 0 bridgehead atoms. The molecule has 120 valence electrons. The van der Waals surface area contributed by atoms with E-state index in [-0.39, 0.29) is 35.2 Å². The molecule has 10 heteroatoms. The predicted octanol–water partition coefficient (Wildman–Crippen LogP) is 1.36. The Hall–Kier alpha value is -1.78. The SMILES string of the molecule is Cc1cnc(NC(=O)CCNS(=O)(=O)c2c(C)noc2C)s1. The first-order chi connectivity index (χ1) is 10.3. The molecule has 1 amide bonds. The number of carbonyl (C=O) groups excluding carboxylic acids is 1.